The van der Waals surface area contributed by atoms with Gasteiger partial charge in [-0.2, -0.15) is 0 Å². The van der Waals surface area contributed by atoms with Crippen LogP contribution in [0.3, 0.4) is 0 Å². The zero-order valence-electron chi connectivity index (χ0n) is 19.6. The molecule has 1 heterocycles. The van der Waals surface area contributed by atoms with Gasteiger partial charge in [-0.15, -0.1) is 0 Å². The monoisotopic (exact) mass is 449 g/mol. The third-order valence-electron chi connectivity index (χ3n) is 5.66. The van der Waals surface area contributed by atoms with Gasteiger partial charge >= 0.3 is 11.9 Å². The number of rotatable bonds is 10. The first-order chi connectivity index (χ1) is 15.7. The largest absolute Gasteiger partial charge is 0.479 e. The maximum Gasteiger partial charge on any atom is 0.338 e. The summed E-state index contributed by atoms with van der Waals surface area (Å²) in [4.78, 5) is 29.1. The number of hydrogen-bond donors (Lipinski definition) is 1. The van der Waals surface area contributed by atoms with Crippen molar-refractivity contribution in [3.8, 4) is 0 Å². The Bertz CT molecular complexity index is 1060. The van der Waals surface area contributed by atoms with Crippen LogP contribution in [0.2, 0.25) is 0 Å². The Morgan fingerprint density at radius 2 is 1.79 bits per heavy atom. The number of nitrogens with zero attached hydrogens (tertiary/aromatic N) is 1. The predicted molar refractivity (Wildman–Crippen MR) is 128 cm³/mol. The molecule has 0 aliphatic carbocycles. The standard InChI is InChI=1S/C27H31NO5/c1-18(2)33-24(25(29)30)15-21-7-5-8-22(14-21)16-27(11-6-12-28-27)26(31)32-17-23-10-9-19(3)20(4)13-23/h5-14,18,24H,15-17H2,1-4H3,(H,29,30). The molecule has 1 aliphatic rings. The van der Waals surface area contributed by atoms with Gasteiger partial charge < -0.3 is 14.6 Å². The van der Waals surface area contributed by atoms with Gasteiger partial charge in [0.1, 0.15) is 6.61 Å². The summed E-state index contributed by atoms with van der Waals surface area (Å²) in [6.07, 6.45) is 4.55. The van der Waals surface area contributed by atoms with Crippen LogP contribution in [0.25, 0.3) is 0 Å². The molecule has 33 heavy (non-hydrogen) atoms. The molecule has 174 valence electrons. The van der Waals surface area contributed by atoms with Gasteiger partial charge in [-0.3, -0.25) is 4.99 Å². The summed E-state index contributed by atoms with van der Waals surface area (Å²) >= 11 is 0. The molecule has 0 amide bonds. The fraction of sp³-hybridized carbons (Fsp3) is 0.370. The van der Waals surface area contributed by atoms with Crippen molar-refractivity contribution < 1.29 is 24.2 Å². The SMILES string of the molecule is Cc1ccc(COC(=O)C2(Cc3cccc(CC(OC(C)C)C(=O)O)c3)C=CC=N2)cc1C. The van der Waals surface area contributed by atoms with Crippen LogP contribution >= 0.6 is 0 Å². The molecule has 6 heteroatoms. The van der Waals surface area contributed by atoms with Crippen LogP contribution in [0.15, 0.2) is 59.6 Å². The molecular weight excluding hydrogens is 418 g/mol. The molecule has 0 radical (unpaired) electrons. The van der Waals surface area contributed by atoms with Crippen molar-refractivity contribution in [2.75, 3.05) is 0 Å². The van der Waals surface area contributed by atoms with Crippen molar-refractivity contribution in [2.24, 2.45) is 4.99 Å². The second-order valence-corrected chi connectivity index (χ2v) is 8.77. The molecule has 1 N–H and O–H groups in total. The zero-order chi connectivity index (χ0) is 24.0. The summed E-state index contributed by atoms with van der Waals surface area (Å²) in [5, 5.41) is 9.47. The molecule has 2 atom stereocenters. The quantitative estimate of drug-likeness (QED) is 0.544. The van der Waals surface area contributed by atoms with Gasteiger partial charge in [-0.05, 0) is 67.7 Å². The first-order valence-corrected chi connectivity index (χ1v) is 11.1. The molecule has 0 aromatic heterocycles. The smallest absolute Gasteiger partial charge is 0.338 e. The van der Waals surface area contributed by atoms with Crippen molar-refractivity contribution in [3.05, 3.63) is 82.4 Å². The van der Waals surface area contributed by atoms with E-state index in [1.165, 1.54) is 5.56 Å². The number of hydrogen-bond acceptors (Lipinski definition) is 5. The molecule has 0 fully saturated rings. The van der Waals surface area contributed by atoms with Crippen LogP contribution in [0.5, 0.6) is 0 Å². The Morgan fingerprint density at radius 3 is 2.42 bits per heavy atom. The van der Waals surface area contributed by atoms with Gasteiger partial charge in [0.25, 0.3) is 0 Å². The van der Waals surface area contributed by atoms with E-state index in [9.17, 15) is 14.7 Å². The van der Waals surface area contributed by atoms with Crippen molar-refractivity contribution >= 4 is 18.2 Å². The molecule has 0 bridgehead atoms. The normalized spacial score (nSPS) is 18.0. The predicted octanol–water partition coefficient (Wildman–Crippen LogP) is 4.39. The Hall–Kier alpha value is -3.25. The van der Waals surface area contributed by atoms with E-state index in [-0.39, 0.29) is 19.1 Å². The number of allylic oxidation sites excluding steroid dienone is 1. The highest BCUT2D eigenvalue weighted by Gasteiger charge is 2.38. The van der Waals surface area contributed by atoms with E-state index in [0.717, 1.165) is 22.3 Å². The number of esters is 1. The minimum atomic E-state index is -1.13. The van der Waals surface area contributed by atoms with Gasteiger partial charge in [0.05, 0.1) is 6.10 Å². The first-order valence-electron chi connectivity index (χ1n) is 11.1. The van der Waals surface area contributed by atoms with Gasteiger partial charge in [0, 0.05) is 19.1 Å². The van der Waals surface area contributed by atoms with Crippen LogP contribution < -0.4 is 0 Å². The number of carbonyl (C=O) groups is 2. The number of aryl methyl sites for hydroxylation is 2. The summed E-state index contributed by atoms with van der Waals surface area (Å²) in [5.41, 5.74) is 3.83. The molecule has 2 unspecified atom stereocenters. The van der Waals surface area contributed by atoms with Crippen LogP contribution in [-0.4, -0.2) is 41.0 Å². The van der Waals surface area contributed by atoms with Gasteiger partial charge in [-0.25, -0.2) is 9.59 Å². The molecule has 2 aromatic carbocycles. The van der Waals surface area contributed by atoms with Crippen molar-refractivity contribution in [2.45, 2.75) is 64.9 Å². The summed E-state index contributed by atoms with van der Waals surface area (Å²) in [6.45, 7) is 7.87. The Labute approximate surface area is 195 Å². The van der Waals surface area contributed by atoms with E-state index in [2.05, 4.69) is 4.99 Å². The summed E-state index contributed by atoms with van der Waals surface area (Å²) in [7, 11) is 0. The Kier molecular flexibility index (Phi) is 7.82. The number of carboxylic acid groups (broad SMARTS) is 1. The number of benzene rings is 2. The third-order valence-corrected chi connectivity index (χ3v) is 5.66. The van der Waals surface area contributed by atoms with E-state index < -0.39 is 23.6 Å². The fourth-order valence-corrected chi connectivity index (χ4v) is 3.80. The van der Waals surface area contributed by atoms with E-state index in [1.54, 1.807) is 18.4 Å². The molecular formula is C27H31NO5. The number of aliphatic imine (C=N–C) groups is 1. The second kappa shape index (κ2) is 10.6. The van der Waals surface area contributed by atoms with Gasteiger partial charge in [0.15, 0.2) is 11.6 Å². The Morgan fingerprint density at radius 1 is 1.03 bits per heavy atom. The van der Waals surface area contributed by atoms with Crippen LogP contribution in [-0.2, 0) is 38.5 Å². The minimum Gasteiger partial charge on any atom is -0.479 e. The number of carboxylic acids is 1. The lowest BCUT2D eigenvalue weighted by Gasteiger charge is -2.23. The van der Waals surface area contributed by atoms with Crippen LogP contribution in [0.1, 0.15) is 41.7 Å². The number of ether oxygens (including phenoxy) is 2. The maximum absolute atomic E-state index is 13.1. The average molecular weight is 450 g/mol. The first kappa shape index (κ1) is 24.4. The number of carbonyl (C=O) groups excluding carboxylic acids is 1. The fourth-order valence-electron chi connectivity index (χ4n) is 3.80. The molecule has 0 spiro atoms. The van der Waals surface area contributed by atoms with Gasteiger partial charge in [0.2, 0.25) is 0 Å². The highest BCUT2D eigenvalue weighted by molar-refractivity contribution is 5.91. The van der Waals surface area contributed by atoms with E-state index in [0.29, 0.717) is 6.42 Å². The maximum atomic E-state index is 13.1. The second-order valence-electron chi connectivity index (χ2n) is 8.77. The highest BCUT2D eigenvalue weighted by Crippen LogP contribution is 2.26. The lowest BCUT2D eigenvalue weighted by Crippen LogP contribution is -2.37. The molecule has 3 rings (SSSR count). The average Bonchev–Trinajstić information content (AvgIpc) is 3.23. The van der Waals surface area contributed by atoms with Gasteiger partial charge in [-0.1, -0.05) is 42.5 Å². The number of aliphatic carboxylic acids is 1. The lowest BCUT2D eigenvalue weighted by molar-refractivity contribution is -0.153. The van der Waals surface area contributed by atoms with Crippen LogP contribution in [0.4, 0.5) is 0 Å². The Balaban J connectivity index is 1.72. The van der Waals surface area contributed by atoms with Crippen molar-refractivity contribution in [3.63, 3.8) is 0 Å². The molecule has 6 nitrogen and oxygen atoms in total. The van der Waals surface area contributed by atoms with Crippen molar-refractivity contribution in [1.82, 2.24) is 0 Å². The molecule has 1 aliphatic heterocycles. The molecule has 0 saturated carbocycles. The highest BCUT2D eigenvalue weighted by atomic mass is 16.5. The minimum absolute atomic E-state index is 0.179. The van der Waals surface area contributed by atoms with Crippen LogP contribution in [0, 0.1) is 13.8 Å². The van der Waals surface area contributed by atoms with E-state index in [1.807, 2.05) is 70.2 Å². The van der Waals surface area contributed by atoms with E-state index in [4.69, 9.17) is 9.47 Å². The summed E-state index contributed by atoms with van der Waals surface area (Å²) in [5.74, 6) is -1.41. The topological polar surface area (TPSA) is 85.2 Å². The van der Waals surface area contributed by atoms with E-state index >= 15 is 0 Å². The zero-order valence-corrected chi connectivity index (χ0v) is 19.6. The van der Waals surface area contributed by atoms with Crippen molar-refractivity contribution in [1.29, 1.82) is 0 Å². The third kappa shape index (κ3) is 6.39. The molecule has 0 saturated heterocycles. The summed E-state index contributed by atoms with van der Waals surface area (Å²) in [6, 6.07) is 13.5. The lowest BCUT2D eigenvalue weighted by atomic mass is 9.90. The molecule has 2 aromatic rings. The summed E-state index contributed by atoms with van der Waals surface area (Å²) < 4.78 is 11.2.